The third-order valence-electron chi connectivity index (χ3n) is 11.6. The first kappa shape index (κ1) is 63.8. The predicted molar refractivity (Wildman–Crippen MR) is 282 cm³/mol. The van der Waals surface area contributed by atoms with E-state index in [1.807, 2.05) is 0 Å². The van der Waals surface area contributed by atoms with Gasteiger partial charge in [0, 0.05) is 44.2 Å². The largest absolute Gasteiger partial charge is 0.508 e. The zero-order valence-corrected chi connectivity index (χ0v) is 44.0. The Bertz CT molecular complexity index is 2400. The Kier molecular flexibility index (Phi) is 27.2. The van der Waals surface area contributed by atoms with Crippen molar-refractivity contribution < 1.29 is 67.7 Å². The maximum atomic E-state index is 14.6. The van der Waals surface area contributed by atoms with Gasteiger partial charge in [-0.3, -0.25) is 57.5 Å². The standard InChI is InChI=1S/C46H65N13O12S2.C2H4O2/c47-17-5-4-9-29(40(65)52-22-38(51)63)54-45(70)35-10-6-18-59(35)46(71)34-24-73-72-23-28(48)39(64)55-31(20-26-11-13-27(60)14-12-26)43(68)56-32(19-25-7-2-1-3-8-25)42(67)53-30(15-16-36(49)61)41(66)57-33(21-37(50)62)44(69)58-34;1-2(3)4/h1-3,7-8,11-14,28-35,60H,4-6,9-10,15-24,47-48H2,(H2,49,61)(H2,50,62)(H2,51,63)(H,52,65)(H,53,67)(H,54,70)(H,55,64)(H,56,68)(H,57,66)(H,58,69);1H3,(H,3,4). The van der Waals surface area contributed by atoms with Gasteiger partial charge in [0.15, 0.2) is 0 Å². The van der Waals surface area contributed by atoms with Crippen molar-refractivity contribution in [2.45, 2.75) is 119 Å². The van der Waals surface area contributed by atoms with Crippen LogP contribution >= 0.6 is 21.6 Å². The minimum atomic E-state index is -1.78. The van der Waals surface area contributed by atoms with Gasteiger partial charge in [0.25, 0.3) is 5.97 Å². The summed E-state index contributed by atoms with van der Waals surface area (Å²) >= 11 is 0. The van der Waals surface area contributed by atoms with E-state index >= 15 is 0 Å². The van der Waals surface area contributed by atoms with Crippen molar-refractivity contribution in [1.29, 1.82) is 0 Å². The highest BCUT2D eigenvalue weighted by molar-refractivity contribution is 8.76. The summed E-state index contributed by atoms with van der Waals surface area (Å²) in [6.45, 7) is 0.936. The van der Waals surface area contributed by atoms with E-state index in [0.717, 1.165) is 28.5 Å². The second-order valence-electron chi connectivity index (χ2n) is 18.0. The highest BCUT2D eigenvalue weighted by atomic mass is 33.1. The number of phenolic OH excluding ortho intramolecular Hbond substituents is 1. The van der Waals surface area contributed by atoms with Gasteiger partial charge < -0.3 is 81.0 Å². The smallest absolute Gasteiger partial charge is 0.300 e. The lowest BCUT2D eigenvalue weighted by atomic mass is 10.0. The molecule has 2 fully saturated rings. The third-order valence-corrected chi connectivity index (χ3v) is 14.1. The van der Waals surface area contributed by atoms with Crippen LogP contribution in [0.1, 0.15) is 69.4 Å². The molecule has 0 radical (unpaired) electrons. The van der Waals surface area contributed by atoms with Crippen LogP contribution in [0.3, 0.4) is 0 Å². The number of unbranched alkanes of at least 4 members (excludes halogenated alkanes) is 1. The van der Waals surface area contributed by atoms with Crippen LogP contribution < -0.4 is 65.9 Å². The van der Waals surface area contributed by atoms with Crippen molar-refractivity contribution in [1.82, 2.24) is 42.1 Å². The number of hydrogen-bond donors (Lipinski definition) is 14. The molecule has 29 heteroatoms. The number of rotatable bonds is 19. The number of nitrogens with two attached hydrogens (primary N) is 5. The van der Waals surface area contributed by atoms with Crippen LogP contribution in [0.25, 0.3) is 0 Å². The summed E-state index contributed by atoms with van der Waals surface area (Å²) in [5.41, 5.74) is 29.2. The normalized spacial score (nSPS) is 22.1. The van der Waals surface area contributed by atoms with E-state index in [9.17, 15) is 57.8 Å². The molecule has 8 atom stereocenters. The number of nitrogens with zero attached hydrogens (tertiary/aromatic N) is 1. The molecule has 422 valence electrons. The average molecular weight is 1120 g/mol. The summed E-state index contributed by atoms with van der Waals surface area (Å²) in [5, 5.41) is 35.2. The van der Waals surface area contributed by atoms with Crippen LogP contribution in [-0.4, -0.2) is 166 Å². The molecule has 2 aliphatic rings. The van der Waals surface area contributed by atoms with Crippen LogP contribution in [0, 0.1) is 0 Å². The van der Waals surface area contributed by atoms with Gasteiger partial charge in [-0.15, -0.1) is 0 Å². The van der Waals surface area contributed by atoms with E-state index in [-0.39, 0.29) is 49.5 Å². The summed E-state index contributed by atoms with van der Waals surface area (Å²) in [4.78, 5) is 158. The molecular formula is C48H69N13O14S2. The monoisotopic (exact) mass is 1120 g/mol. The van der Waals surface area contributed by atoms with Crippen molar-refractivity contribution in [2.24, 2.45) is 28.7 Å². The molecule has 0 aliphatic carbocycles. The first-order valence-electron chi connectivity index (χ1n) is 24.5. The molecule has 2 aromatic carbocycles. The Morgan fingerprint density at radius 1 is 0.714 bits per heavy atom. The van der Waals surface area contributed by atoms with Gasteiger partial charge in [0.1, 0.15) is 48.0 Å². The molecule has 11 amide bonds. The van der Waals surface area contributed by atoms with Gasteiger partial charge in [-0.1, -0.05) is 64.1 Å². The highest BCUT2D eigenvalue weighted by Crippen LogP contribution is 2.26. The minimum Gasteiger partial charge on any atom is -0.508 e. The van der Waals surface area contributed by atoms with Crippen molar-refractivity contribution in [2.75, 3.05) is 31.1 Å². The minimum absolute atomic E-state index is 0.0324. The van der Waals surface area contributed by atoms with E-state index in [1.54, 1.807) is 30.3 Å². The number of primary amides is 3. The number of aliphatic carboxylic acids is 1. The van der Waals surface area contributed by atoms with E-state index in [0.29, 0.717) is 36.9 Å². The van der Waals surface area contributed by atoms with Gasteiger partial charge in [-0.25, -0.2) is 0 Å². The first-order chi connectivity index (χ1) is 36.5. The number of carbonyl (C=O) groups excluding carboxylic acids is 11. The molecule has 0 bridgehead atoms. The molecular weight excluding hydrogens is 1050 g/mol. The van der Waals surface area contributed by atoms with Gasteiger partial charge in [-0.05, 0) is 68.3 Å². The van der Waals surface area contributed by atoms with Gasteiger partial charge in [0.2, 0.25) is 65.0 Å². The Hall–Kier alpha value is -7.50. The van der Waals surface area contributed by atoms with Crippen LogP contribution in [0.15, 0.2) is 54.6 Å². The van der Waals surface area contributed by atoms with Gasteiger partial charge in [-0.2, -0.15) is 0 Å². The summed E-state index contributed by atoms with van der Waals surface area (Å²) in [6.07, 6.45) is -0.386. The van der Waals surface area contributed by atoms with Crippen molar-refractivity contribution >= 4 is 92.5 Å². The number of carboxylic acid groups (broad SMARTS) is 1. The number of nitrogens with one attached hydrogen (secondary N) is 7. The van der Waals surface area contributed by atoms with Gasteiger partial charge in [0.05, 0.1) is 19.0 Å². The summed E-state index contributed by atoms with van der Waals surface area (Å²) in [5.74, 6) is -10.8. The lowest BCUT2D eigenvalue weighted by Crippen LogP contribution is -2.61. The maximum absolute atomic E-state index is 14.6. The lowest BCUT2D eigenvalue weighted by Gasteiger charge is -2.31. The highest BCUT2D eigenvalue weighted by Gasteiger charge is 2.40. The molecule has 2 aromatic rings. The Morgan fingerprint density at radius 3 is 1.84 bits per heavy atom. The fraction of sp³-hybridized carbons (Fsp3) is 0.500. The molecule has 27 nitrogen and oxygen atoms in total. The summed E-state index contributed by atoms with van der Waals surface area (Å²) in [6, 6.07) is 3.09. The number of likely N-dealkylation sites (tertiary alicyclic amines) is 1. The third kappa shape index (κ3) is 23.1. The fourth-order valence-electron chi connectivity index (χ4n) is 7.79. The maximum Gasteiger partial charge on any atom is 0.300 e. The number of hydrogen-bond acceptors (Lipinski definition) is 17. The van der Waals surface area contributed by atoms with Crippen LogP contribution in [-0.2, 0) is 70.4 Å². The summed E-state index contributed by atoms with van der Waals surface area (Å²) in [7, 11) is 2.02. The van der Waals surface area contributed by atoms with E-state index in [1.165, 1.54) is 29.2 Å². The predicted octanol–water partition coefficient (Wildman–Crippen LogP) is -4.24. The molecule has 4 rings (SSSR count). The Morgan fingerprint density at radius 2 is 1.26 bits per heavy atom. The molecule has 2 saturated heterocycles. The van der Waals surface area contributed by atoms with Crippen LogP contribution in [0.4, 0.5) is 0 Å². The number of phenols is 1. The van der Waals surface area contributed by atoms with Crippen molar-refractivity contribution in [3.63, 3.8) is 0 Å². The zero-order chi connectivity index (χ0) is 57.2. The Balaban J connectivity index is 0.00000376. The lowest BCUT2D eigenvalue weighted by molar-refractivity contribution is -0.142. The molecule has 77 heavy (non-hydrogen) atoms. The van der Waals surface area contributed by atoms with E-state index < -0.39 is 145 Å². The molecule has 2 heterocycles. The number of benzene rings is 2. The zero-order valence-electron chi connectivity index (χ0n) is 42.4. The van der Waals surface area contributed by atoms with Gasteiger partial charge >= 0.3 is 0 Å². The van der Waals surface area contributed by atoms with E-state index in [2.05, 4.69) is 37.2 Å². The molecule has 19 N–H and O–H groups in total. The number of carboxylic acids is 1. The SMILES string of the molecule is CC(=O)O.NCCCCC(NC(=O)C1CCCN1C(=O)C1CSSCC(N)C(=O)NC(Cc2ccc(O)cc2)C(=O)NC(Cc2ccccc2)C(=O)NC(CCC(N)=O)C(=O)NC(CC(N)=O)C(=O)N1)C(=O)NCC(N)=O. The Labute approximate surface area is 451 Å². The molecule has 0 spiro atoms. The van der Waals surface area contributed by atoms with Crippen molar-refractivity contribution in [3.8, 4) is 5.75 Å². The quantitative estimate of drug-likeness (QED) is 0.0468. The number of aromatic hydroxyl groups is 1. The molecule has 0 aromatic heterocycles. The fourth-order valence-corrected chi connectivity index (χ4v) is 10.1. The second kappa shape index (κ2) is 32.8. The molecule has 8 unspecified atom stereocenters. The first-order valence-corrected chi connectivity index (χ1v) is 26.9. The molecule has 2 aliphatic heterocycles. The van der Waals surface area contributed by atoms with Crippen molar-refractivity contribution in [3.05, 3.63) is 65.7 Å². The number of amides is 11. The number of carbonyl (C=O) groups is 12. The van der Waals surface area contributed by atoms with Crippen LogP contribution in [0.5, 0.6) is 5.75 Å². The summed E-state index contributed by atoms with van der Waals surface area (Å²) < 4.78 is 0. The topological polar surface area (TPSA) is 463 Å². The van der Waals surface area contributed by atoms with Crippen LogP contribution in [0.2, 0.25) is 0 Å². The average Bonchev–Trinajstić information content (AvgIpc) is 3.87. The molecule has 0 saturated carbocycles. The second-order valence-corrected chi connectivity index (χ2v) is 20.5. The van der Waals surface area contributed by atoms with E-state index in [4.69, 9.17) is 38.6 Å².